The Bertz CT molecular complexity index is 314. The van der Waals surface area contributed by atoms with Crippen LogP contribution in [-0.4, -0.2) is 29.2 Å². The van der Waals surface area contributed by atoms with Crippen LogP contribution in [-0.2, 0) is 6.54 Å². The number of anilines is 1. The van der Waals surface area contributed by atoms with Crippen LogP contribution in [0, 0.1) is 0 Å². The van der Waals surface area contributed by atoms with Crippen molar-refractivity contribution < 1.29 is 5.11 Å². The Morgan fingerprint density at radius 2 is 1.81 bits per heavy atom. The number of nitrogens with zero attached hydrogens (tertiary/aromatic N) is 1. The maximum Gasteiger partial charge on any atom is 0.0603 e. The number of aliphatic hydroxyl groups is 1. The predicted molar refractivity (Wildman–Crippen MR) is 68.1 cm³/mol. The van der Waals surface area contributed by atoms with Gasteiger partial charge < -0.3 is 15.7 Å². The maximum absolute atomic E-state index is 9.63. The van der Waals surface area contributed by atoms with Gasteiger partial charge in [0.15, 0.2) is 0 Å². The standard InChI is InChI=1S/C13H22N2O/c1-13(2,16)8-9-15(3)10-11-4-6-12(14)7-5-11/h4-7,16H,8-10,14H2,1-3H3. The second-order valence-electron chi connectivity index (χ2n) is 5.04. The summed E-state index contributed by atoms with van der Waals surface area (Å²) in [6.07, 6.45) is 0.776. The van der Waals surface area contributed by atoms with Crippen molar-refractivity contribution >= 4 is 5.69 Å². The van der Waals surface area contributed by atoms with Gasteiger partial charge in [-0.15, -0.1) is 0 Å². The molecule has 3 N–H and O–H groups in total. The Hall–Kier alpha value is -1.06. The highest BCUT2D eigenvalue weighted by atomic mass is 16.3. The van der Waals surface area contributed by atoms with Gasteiger partial charge in [-0.05, 0) is 45.0 Å². The van der Waals surface area contributed by atoms with Crippen molar-refractivity contribution in [3.8, 4) is 0 Å². The third-order valence-electron chi connectivity index (χ3n) is 2.54. The normalized spacial score (nSPS) is 12.1. The van der Waals surface area contributed by atoms with Crippen LogP contribution in [0.3, 0.4) is 0 Å². The van der Waals surface area contributed by atoms with E-state index in [1.807, 2.05) is 38.1 Å². The second kappa shape index (κ2) is 5.32. The van der Waals surface area contributed by atoms with Crippen LogP contribution in [0.15, 0.2) is 24.3 Å². The summed E-state index contributed by atoms with van der Waals surface area (Å²) < 4.78 is 0. The summed E-state index contributed by atoms with van der Waals surface area (Å²) in [6, 6.07) is 7.91. The Morgan fingerprint density at radius 1 is 1.25 bits per heavy atom. The molecule has 16 heavy (non-hydrogen) atoms. The Morgan fingerprint density at radius 3 is 2.31 bits per heavy atom. The van der Waals surface area contributed by atoms with E-state index in [2.05, 4.69) is 11.9 Å². The molecule has 0 atom stereocenters. The lowest BCUT2D eigenvalue weighted by molar-refractivity contribution is 0.0599. The lowest BCUT2D eigenvalue weighted by Crippen LogP contribution is -2.28. The van der Waals surface area contributed by atoms with Crippen LogP contribution in [0.25, 0.3) is 0 Å². The fourth-order valence-corrected chi connectivity index (χ4v) is 1.48. The summed E-state index contributed by atoms with van der Waals surface area (Å²) in [5, 5.41) is 9.63. The molecule has 0 aliphatic rings. The monoisotopic (exact) mass is 222 g/mol. The van der Waals surface area contributed by atoms with Crippen molar-refractivity contribution in [1.82, 2.24) is 4.90 Å². The first-order valence-corrected chi connectivity index (χ1v) is 5.62. The zero-order valence-electron chi connectivity index (χ0n) is 10.4. The van der Waals surface area contributed by atoms with Crippen molar-refractivity contribution in [3.63, 3.8) is 0 Å². The van der Waals surface area contributed by atoms with Gasteiger partial charge in [0.2, 0.25) is 0 Å². The molecule has 1 aromatic rings. The summed E-state index contributed by atoms with van der Waals surface area (Å²) in [4.78, 5) is 2.20. The van der Waals surface area contributed by atoms with Crippen LogP contribution in [0.4, 0.5) is 5.69 Å². The van der Waals surface area contributed by atoms with Gasteiger partial charge in [-0.3, -0.25) is 0 Å². The van der Waals surface area contributed by atoms with Crippen molar-refractivity contribution in [2.75, 3.05) is 19.3 Å². The first-order valence-electron chi connectivity index (χ1n) is 5.62. The molecule has 3 heteroatoms. The molecule has 0 unspecified atom stereocenters. The SMILES string of the molecule is CN(CCC(C)(C)O)Cc1ccc(N)cc1. The van der Waals surface area contributed by atoms with Crippen molar-refractivity contribution in [3.05, 3.63) is 29.8 Å². The van der Waals surface area contributed by atoms with Crippen molar-refractivity contribution in [1.29, 1.82) is 0 Å². The van der Waals surface area contributed by atoms with Crippen molar-refractivity contribution in [2.45, 2.75) is 32.4 Å². The first-order chi connectivity index (χ1) is 7.37. The zero-order valence-corrected chi connectivity index (χ0v) is 10.4. The molecule has 0 radical (unpaired) electrons. The van der Waals surface area contributed by atoms with Gasteiger partial charge in [0.1, 0.15) is 0 Å². The molecule has 0 aromatic heterocycles. The van der Waals surface area contributed by atoms with Gasteiger partial charge in [-0.1, -0.05) is 12.1 Å². The molecule has 1 rings (SSSR count). The minimum absolute atomic E-state index is 0.588. The molecular weight excluding hydrogens is 200 g/mol. The topological polar surface area (TPSA) is 49.5 Å². The molecule has 0 saturated carbocycles. The highest BCUT2D eigenvalue weighted by Crippen LogP contribution is 2.11. The largest absolute Gasteiger partial charge is 0.399 e. The lowest BCUT2D eigenvalue weighted by Gasteiger charge is -2.22. The average molecular weight is 222 g/mol. The van der Waals surface area contributed by atoms with E-state index in [1.54, 1.807) is 0 Å². The van der Waals surface area contributed by atoms with Crippen LogP contribution >= 0.6 is 0 Å². The van der Waals surface area contributed by atoms with E-state index in [1.165, 1.54) is 5.56 Å². The number of rotatable bonds is 5. The number of benzene rings is 1. The highest BCUT2D eigenvalue weighted by molar-refractivity contribution is 5.39. The second-order valence-corrected chi connectivity index (χ2v) is 5.04. The van der Waals surface area contributed by atoms with Crippen molar-refractivity contribution in [2.24, 2.45) is 0 Å². The first kappa shape index (κ1) is 13.0. The van der Waals surface area contributed by atoms with Gasteiger partial charge in [0, 0.05) is 18.8 Å². The van der Waals surface area contributed by atoms with Gasteiger partial charge in [0.05, 0.1) is 5.60 Å². The van der Waals surface area contributed by atoms with Gasteiger partial charge in [-0.2, -0.15) is 0 Å². The smallest absolute Gasteiger partial charge is 0.0603 e. The summed E-state index contributed by atoms with van der Waals surface area (Å²) in [5.41, 5.74) is 7.08. The fraction of sp³-hybridized carbons (Fsp3) is 0.538. The molecule has 0 amide bonds. The molecule has 90 valence electrons. The molecule has 0 fully saturated rings. The molecule has 0 aliphatic heterocycles. The van der Waals surface area contributed by atoms with E-state index < -0.39 is 5.60 Å². The number of nitrogens with two attached hydrogens (primary N) is 1. The lowest BCUT2D eigenvalue weighted by atomic mass is 10.1. The van der Waals surface area contributed by atoms with Gasteiger partial charge in [0.25, 0.3) is 0 Å². The summed E-state index contributed by atoms with van der Waals surface area (Å²) >= 11 is 0. The van der Waals surface area contributed by atoms with Gasteiger partial charge >= 0.3 is 0 Å². The average Bonchev–Trinajstić information content (AvgIpc) is 2.18. The van der Waals surface area contributed by atoms with E-state index in [4.69, 9.17) is 5.73 Å². The minimum Gasteiger partial charge on any atom is -0.399 e. The summed E-state index contributed by atoms with van der Waals surface area (Å²) in [6.45, 7) is 5.44. The van der Waals surface area contributed by atoms with E-state index in [0.717, 1.165) is 25.2 Å². The number of hydrogen-bond acceptors (Lipinski definition) is 3. The number of nitrogen functional groups attached to an aromatic ring is 1. The molecule has 1 aromatic carbocycles. The van der Waals surface area contributed by atoms with E-state index in [-0.39, 0.29) is 0 Å². The predicted octanol–water partition coefficient (Wildman–Crippen LogP) is 1.86. The molecular formula is C13H22N2O. The Labute approximate surface area is 97.9 Å². The summed E-state index contributed by atoms with van der Waals surface area (Å²) in [5.74, 6) is 0. The molecule has 0 aliphatic carbocycles. The summed E-state index contributed by atoms with van der Waals surface area (Å²) in [7, 11) is 2.06. The number of hydrogen-bond donors (Lipinski definition) is 2. The van der Waals surface area contributed by atoms with Crippen LogP contribution in [0.5, 0.6) is 0 Å². The third-order valence-corrected chi connectivity index (χ3v) is 2.54. The van der Waals surface area contributed by atoms with E-state index in [9.17, 15) is 5.11 Å². The molecule has 0 spiro atoms. The van der Waals surface area contributed by atoms with Gasteiger partial charge in [-0.25, -0.2) is 0 Å². The maximum atomic E-state index is 9.63. The van der Waals surface area contributed by atoms with Crippen LogP contribution < -0.4 is 5.73 Å². The minimum atomic E-state index is -0.588. The molecule has 3 nitrogen and oxygen atoms in total. The van der Waals surface area contributed by atoms with Crippen LogP contribution in [0.2, 0.25) is 0 Å². The Kier molecular flexibility index (Phi) is 4.33. The van der Waals surface area contributed by atoms with Crippen LogP contribution in [0.1, 0.15) is 25.8 Å². The zero-order chi connectivity index (χ0) is 12.2. The third kappa shape index (κ3) is 5.14. The van der Waals surface area contributed by atoms with E-state index in [0.29, 0.717) is 0 Å². The Balaban J connectivity index is 2.39. The van der Waals surface area contributed by atoms with E-state index >= 15 is 0 Å². The highest BCUT2D eigenvalue weighted by Gasteiger charge is 2.13. The molecule has 0 saturated heterocycles. The fourth-order valence-electron chi connectivity index (χ4n) is 1.48. The quantitative estimate of drug-likeness (QED) is 0.748. The molecule has 0 bridgehead atoms. The molecule has 0 heterocycles.